The lowest BCUT2D eigenvalue weighted by molar-refractivity contribution is -0.140. The Hall–Kier alpha value is -3.92. The minimum atomic E-state index is -4.31. The number of benzene rings is 4. The van der Waals surface area contributed by atoms with E-state index in [1.54, 1.807) is 24.3 Å². The molecule has 0 saturated carbocycles. The van der Waals surface area contributed by atoms with Crippen molar-refractivity contribution in [2.24, 2.45) is 5.92 Å². The van der Waals surface area contributed by atoms with E-state index in [1.807, 2.05) is 44.2 Å². The number of halogens is 3. The summed E-state index contributed by atoms with van der Waals surface area (Å²) in [6, 6.07) is 25.9. The molecule has 0 aromatic heterocycles. The third kappa shape index (κ3) is 8.84. The van der Waals surface area contributed by atoms with Crippen LogP contribution in [0.25, 0.3) is 0 Å². The summed E-state index contributed by atoms with van der Waals surface area (Å²) in [7, 11) is -4.31. The average molecular weight is 671 g/mol. The first-order valence-corrected chi connectivity index (χ1v) is 16.5. The van der Waals surface area contributed by atoms with Crippen molar-refractivity contribution in [3.63, 3.8) is 0 Å². The molecule has 0 bridgehead atoms. The SMILES string of the molecule is CC(C)CNC(=O)[C@@H](Cc1ccccc1)N(Cc1ccccc1F)C(=O)CN(c1ccc(Cl)c(Cl)c1)S(=O)(=O)c1ccccc1. The summed E-state index contributed by atoms with van der Waals surface area (Å²) < 4.78 is 44.0. The van der Waals surface area contributed by atoms with Gasteiger partial charge in [-0.2, -0.15) is 0 Å². The summed E-state index contributed by atoms with van der Waals surface area (Å²) in [5.41, 5.74) is 1.04. The summed E-state index contributed by atoms with van der Waals surface area (Å²) in [5, 5.41) is 3.20. The van der Waals surface area contributed by atoms with Gasteiger partial charge in [0.05, 0.1) is 20.6 Å². The minimum absolute atomic E-state index is 0.0555. The Morgan fingerprint density at radius 1 is 0.844 bits per heavy atom. The predicted octanol–water partition coefficient (Wildman–Crippen LogP) is 6.74. The first kappa shape index (κ1) is 34.0. The van der Waals surface area contributed by atoms with Crippen molar-refractivity contribution in [2.75, 3.05) is 17.4 Å². The zero-order chi connectivity index (χ0) is 32.6. The molecule has 4 aromatic rings. The summed E-state index contributed by atoms with van der Waals surface area (Å²) >= 11 is 12.4. The summed E-state index contributed by atoms with van der Waals surface area (Å²) in [6.45, 7) is 3.26. The van der Waals surface area contributed by atoms with Gasteiger partial charge in [-0.05, 0) is 47.9 Å². The highest BCUT2D eigenvalue weighted by molar-refractivity contribution is 7.92. The highest BCUT2D eigenvalue weighted by Gasteiger charge is 2.35. The van der Waals surface area contributed by atoms with Crippen LogP contribution in [0.4, 0.5) is 10.1 Å². The molecule has 0 aliphatic carbocycles. The molecular weight excluding hydrogens is 636 g/mol. The number of rotatable bonds is 13. The molecule has 4 rings (SSSR count). The molecule has 0 aliphatic rings. The van der Waals surface area contributed by atoms with Gasteiger partial charge in [0.2, 0.25) is 11.8 Å². The lowest BCUT2D eigenvalue weighted by Gasteiger charge is -2.34. The van der Waals surface area contributed by atoms with Crippen LogP contribution in [0.2, 0.25) is 10.0 Å². The maximum Gasteiger partial charge on any atom is 0.264 e. The van der Waals surface area contributed by atoms with Gasteiger partial charge in [0, 0.05) is 25.1 Å². The van der Waals surface area contributed by atoms with Crippen molar-refractivity contribution in [1.29, 1.82) is 0 Å². The lowest BCUT2D eigenvalue weighted by atomic mass is 10.0. The maximum atomic E-state index is 15.0. The molecule has 1 atom stereocenters. The van der Waals surface area contributed by atoms with Crippen LogP contribution in [0.5, 0.6) is 0 Å². The number of amides is 2. The smallest absolute Gasteiger partial charge is 0.264 e. The van der Waals surface area contributed by atoms with Crippen LogP contribution in [-0.4, -0.2) is 44.3 Å². The Balaban J connectivity index is 1.82. The van der Waals surface area contributed by atoms with E-state index in [4.69, 9.17) is 23.2 Å². The Labute approximate surface area is 273 Å². The molecule has 11 heteroatoms. The number of hydrogen-bond acceptors (Lipinski definition) is 4. The fraction of sp³-hybridized carbons (Fsp3) is 0.235. The van der Waals surface area contributed by atoms with Crippen LogP contribution in [0.1, 0.15) is 25.0 Å². The van der Waals surface area contributed by atoms with Crippen LogP contribution in [0, 0.1) is 11.7 Å². The van der Waals surface area contributed by atoms with Gasteiger partial charge >= 0.3 is 0 Å². The summed E-state index contributed by atoms with van der Waals surface area (Å²) in [6.07, 6.45) is 0.114. The highest BCUT2D eigenvalue weighted by Crippen LogP contribution is 2.31. The van der Waals surface area contributed by atoms with Gasteiger partial charge < -0.3 is 10.2 Å². The predicted molar refractivity (Wildman–Crippen MR) is 176 cm³/mol. The molecule has 0 heterocycles. The van der Waals surface area contributed by atoms with Crippen LogP contribution in [-0.2, 0) is 32.6 Å². The van der Waals surface area contributed by atoms with E-state index in [2.05, 4.69) is 5.32 Å². The molecule has 4 aromatic carbocycles. The van der Waals surface area contributed by atoms with Gasteiger partial charge in [-0.1, -0.05) is 104 Å². The number of carbonyl (C=O) groups excluding carboxylic acids is 2. The summed E-state index contributed by atoms with van der Waals surface area (Å²) in [4.78, 5) is 29.4. The minimum Gasteiger partial charge on any atom is -0.354 e. The van der Waals surface area contributed by atoms with E-state index < -0.39 is 40.2 Å². The van der Waals surface area contributed by atoms with Gasteiger partial charge in [0.15, 0.2) is 0 Å². The molecule has 45 heavy (non-hydrogen) atoms. The average Bonchev–Trinajstić information content (AvgIpc) is 3.03. The third-order valence-corrected chi connectivity index (χ3v) is 9.58. The van der Waals surface area contributed by atoms with Crippen molar-refractivity contribution >= 4 is 50.7 Å². The van der Waals surface area contributed by atoms with Crippen molar-refractivity contribution in [1.82, 2.24) is 10.2 Å². The molecule has 0 fully saturated rings. The molecule has 236 valence electrons. The molecule has 1 N–H and O–H groups in total. The Bertz CT molecular complexity index is 1720. The van der Waals surface area contributed by atoms with Crippen molar-refractivity contribution in [3.8, 4) is 0 Å². The molecule has 0 spiro atoms. The number of sulfonamides is 1. The Kier molecular flexibility index (Phi) is 11.6. The summed E-state index contributed by atoms with van der Waals surface area (Å²) in [5.74, 6) is -1.59. The molecule has 7 nitrogen and oxygen atoms in total. The zero-order valence-electron chi connectivity index (χ0n) is 24.9. The normalized spacial score (nSPS) is 12.0. The van der Waals surface area contributed by atoms with Crippen molar-refractivity contribution < 1.29 is 22.4 Å². The number of anilines is 1. The molecule has 0 saturated heterocycles. The molecular formula is C34H34Cl2FN3O4S. The quantitative estimate of drug-likeness (QED) is 0.171. The van der Waals surface area contributed by atoms with E-state index in [1.165, 1.54) is 53.4 Å². The fourth-order valence-electron chi connectivity index (χ4n) is 4.68. The van der Waals surface area contributed by atoms with Crippen LogP contribution in [0.3, 0.4) is 0 Å². The number of hydrogen-bond donors (Lipinski definition) is 1. The zero-order valence-corrected chi connectivity index (χ0v) is 27.2. The van der Waals surface area contributed by atoms with E-state index in [0.29, 0.717) is 6.54 Å². The number of carbonyl (C=O) groups is 2. The van der Waals surface area contributed by atoms with Gasteiger partial charge in [0.1, 0.15) is 18.4 Å². The first-order valence-electron chi connectivity index (χ1n) is 14.3. The van der Waals surface area contributed by atoms with Gasteiger partial charge in [0.25, 0.3) is 10.0 Å². The molecule has 0 radical (unpaired) electrons. The highest BCUT2D eigenvalue weighted by atomic mass is 35.5. The van der Waals surface area contributed by atoms with Crippen molar-refractivity contribution in [3.05, 3.63) is 130 Å². The second-order valence-electron chi connectivity index (χ2n) is 10.9. The van der Waals surface area contributed by atoms with E-state index in [9.17, 15) is 18.0 Å². The van der Waals surface area contributed by atoms with Crippen LogP contribution in [0.15, 0.2) is 108 Å². The lowest BCUT2D eigenvalue weighted by Crippen LogP contribution is -2.53. The van der Waals surface area contributed by atoms with Gasteiger partial charge in [-0.15, -0.1) is 0 Å². The Morgan fingerprint density at radius 3 is 2.09 bits per heavy atom. The fourth-order valence-corrected chi connectivity index (χ4v) is 6.39. The monoisotopic (exact) mass is 669 g/mol. The first-order chi connectivity index (χ1) is 21.5. The molecule has 2 amide bonds. The largest absolute Gasteiger partial charge is 0.354 e. The van der Waals surface area contributed by atoms with Gasteiger partial charge in [-0.25, -0.2) is 12.8 Å². The molecule has 0 unspecified atom stereocenters. The van der Waals surface area contributed by atoms with E-state index in [0.717, 1.165) is 9.87 Å². The van der Waals surface area contributed by atoms with Gasteiger partial charge in [-0.3, -0.25) is 13.9 Å². The van der Waals surface area contributed by atoms with Crippen molar-refractivity contribution in [2.45, 2.75) is 37.8 Å². The van der Waals surface area contributed by atoms with Crippen LogP contribution < -0.4 is 9.62 Å². The third-order valence-electron chi connectivity index (χ3n) is 7.06. The van der Waals surface area contributed by atoms with E-state index in [-0.39, 0.29) is 45.1 Å². The van der Waals surface area contributed by atoms with Crippen LogP contribution >= 0.6 is 23.2 Å². The molecule has 0 aliphatic heterocycles. The number of nitrogens with zero attached hydrogens (tertiary/aromatic N) is 2. The maximum absolute atomic E-state index is 15.0. The standard InChI is InChI=1S/C34H34Cl2FN3O4S/c1-24(2)21-38-34(42)32(19-25-11-5-3-6-12-25)39(22-26-13-9-10-16-31(26)37)33(41)23-40(27-17-18-29(35)30(36)20-27)45(43,44)28-14-7-4-8-15-28/h3-18,20,24,32H,19,21-23H2,1-2H3,(H,38,42)/t32-/m1/s1. The topological polar surface area (TPSA) is 86.8 Å². The Morgan fingerprint density at radius 2 is 1.47 bits per heavy atom. The number of nitrogens with one attached hydrogen (secondary N) is 1. The second-order valence-corrected chi connectivity index (χ2v) is 13.6. The second kappa shape index (κ2) is 15.4. The van der Waals surface area contributed by atoms with E-state index >= 15 is 4.39 Å².